The van der Waals surface area contributed by atoms with Crippen LogP contribution in [0.2, 0.25) is 0 Å². The zero-order valence-corrected chi connectivity index (χ0v) is 13.7. The summed E-state index contributed by atoms with van der Waals surface area (Å²) in [5.41, 5.74) is 3.78. The topological polar surface area (TPSA) is 16.1 Å². The Labute approximate surface area is 140 Å². The second-order valence-corrected chi connectivity index (χ2v) is 5.62. The molecule has 0 unspecified atom stereocenters. The van der Waals surface area contributed by atoms with Crippen molar-refractivity contribution in [3.05, 3.63) is 89.4 Å². The summed E-state index contributed by atoms with van der Waals surface area (Å²) in [6.45, 7) is 8.51. The molecule has 2 aromatic rings. The Bertz CT molecular complexity index is 831. The summed E-state index contributed by atoms with van der Waals surface area (Å²) in [6, 6.07) is 9.58. The molecule has 24 heavy (non-hydrogen) atoms. The van der Waals surface area contributed by atoms with Crippen LogP contribution in [0.4, 0.5) is 8.78 Å². The lowest BCUT2D eigenvalue weighted by molar-refractivity contribution is 0.502. The van der Waals surface area contributed by atoms with Gasteiger partial charge in [0.15, 0.2) is 11.6 Å². The lowest BCUT2D eigenvalue weighted by Gasteiger charge is -2.34. The standard InChI is InChI=1S/C20H18F2N2/c1-4-24-14(3)13(2)10-16(15-8-6-5-7-9-15)20(24)19-17(21)11-23-12-18(19)22/h5-12H,3-4H2,1-2H3. The van der Waals surface area contributed by atoms with Crippen LogP contribution < -0.4 is 0 Å². The van der Waals surface area contributed by atoms with Gasteiger partial charge in [0.05, 0.1) is 23.7 Å². The zero-order valence-electron chi connectivity index (χ0n) is 13.7. The van der Waals surface area contributed by atoms with Crippen molar-refractivity contribution in [2.24, 2.45) is 0 Å². The van der Waals surface area contributed by atoms with Crippen LogP contribution in [0.3, 0.4) is 0 Å². The Morgan fingerprint density at radius 3 is 2.29 bits per heavy atom. The first kappa shape index (κ1) is 16.1. The molecule has 0 radical (unpaired) electrons. The first-order valence-electron chi connectivity index (χ1n) is 7.78. The molecule has 1 aliphatic rings. The van der Waals surface area contributed by atoms with Gasteiger partial charge in [-0.1, -0.05) is 36.9 Å². The molecule has 2 heterocycles. The van der Waals surface area contributed by atoms with E-state index in [2.05, 4.69) is 11.6 Å². The summed E-state index contributed by atoms with van der Waals surface area (Å²) in [5, 5.41) is 0. The van der Waals surface area contributed by atoms with Crippen molar-refractivity contribution in [2.45, 2.75) is 13.8 Å². The van der Waals surface area contributed by atoms with Crippen molar-refractivity contribution in [3.8, 4) is 0 Å². The molecule has 0 N–H and O–H groups in total. The minimum atomic E-state index is -0.683. The molecule has 0 saturated heterocycles. The lowest BCUT2D eigenvalue weighted by atomic mass is 9.92. The monoisotopic (exact) mass is 324 g/mol. The first-order chi connectivity index (χ1) is 11.5. The van der Waals surface area contributed by atoms with E-state index in [4.69, 9.17) is 0 Å². The number of allylic oxidation sites excluding steroid dienone is 3. The fourth-order valence-electron chi connectivity index (χ4n) is 2.96. The van der Waals surface area contributed by atoms with Gasteiger partial charge in [0, 0.05) is 17.8 Å². The number of benzene rings is 1. The molecule has 4 heteroatoms. The van der Waals surface area contributed by atoms with Crippen LogP contribution in [0.25, 0.3) is 11.3 Å². The minimum absolute atomic E-state index is 0.0735. The second kappa shape index (κ2) is 6.40. The maximum absolute atomic E-state index is 14.4. The van der Waals surface area contributed by atoms with Gasteiger partial charge in [-0.25, -0.2) is 8.78 Å². The molecule has 0 bridgehead atoms. The Kier molecular flexibility index (Phi) is 4.30. The predicted octanol–water partition coefficient (Wildman–Crippen LogP) is 5.02. The van der Waals surface area contributed by atoms with Gasteiger partial charge in [-0.2, -0.15) is 0 Å². The van der Waals surface area contributed by atoms with Crippen molar-refractivity contribution in [1.29, 1.82) is 0 Å². The van der Waals surface area contributed by atoms with E-state index in [1.54, 1.807) is 0 Å². The summed E-state index contributed by atoms with van der Waals surface area (Å²) in [7, 11) is 0. The van der Waals surface area contributed by atoms with Gasteiger partial charge >= 0.3 is 0 Å². The molecule has 122 valence electrons. The third-order valence-corrected chi connectivity index (χ3v) is 4.16. The summed E-state index contributed by atoms with van der Waals surface area (Å²) in [4.78, 5) is 5.44. The van der Waals surface area contributed by atoms with Crippen LogP contribution in [0.1, 0.15) is 25.0 Å². The fourth-order valence-corrected chi connectivity index (χ4v) is 2.96. The number of nitrogens with zero attached hydrogens (tertiary/aromatic N) is 2. The maximum Gasteiger partial charge on any atom is 0.153 e. The number of pyridine rings is 1. The molecular weight excluding hydrogens is 306 g/mol. The van der Waals surface area contributed by atoms with Crippen molar-refractivity contribution in [3.63, 3.8) is 0 Å². The SMILES string of the molecule is C=C1C(C)=CC(c2ccccc2)=C(c2c(F)cncc2F)N1CC. The summed E-state index contributed by atoms with van der Waals surface area (Å²) < 4.78 is 28.9. The number of hydrogen-bond acceptors (Lipinski definition) is 2. The van der Waals surface area contributed by atoms with Gasteiger partial charge in [0.25, 0.3) is 0 Å². The predicted molar refractivity (Wildman–Crippen MR) is 92.7 cm³/mol. The smallest absolute Gasteiger partial charge is 0.153 e. The van der Waals surface area contributed by atoms with Gasteiger partial charge in [0.1, 0.15) is 0 Å². The third kappa shape index (κ3) is 2.64. The molecule has 0 spiro atoms. The van der Waals surface area contributed by atoms with Gasteiger partial charge in [0.2, 0.25) is 0 Å². The van der Waals surface area contributed by atoms with Crippen molar-refractivity contribution >= 4 is 11.3 Å². The largest absolute Gasteiger partial charge is 0.341 e. The van der Waals surface area contributed by atoms with E-state index >= 15 is 0 Å². The molecule has 0 saturated carbocycles. The van der Waals surface area contributed by atoms with E-state index in [9.17, 15) is 8.78 Å². The summed E-state index contributed by atoms with van der Waals surface area (Å²) >= 11 is 0. The maximum atomic E-state index is 14.4. The number of rotatable bonds is 3. The van der Waals surface area contributed by atoms with Crippen molar-refractivity contribution < 1.29 is 8.78 Å². The highest BCUT2D eigenvalue weighted by Gasteiger charge is 2.28. The summed E-state index contributed by atoms with van der Waals surface area (Å²) in [6.07, 6.45) is 4.00. The normalized spacial score (nSPS) is 14.9. The molecule has 2 nitrogen and oxygen atoms in total. The highest BCUT2D eigenvalue weighted by Crippen LogP contribution is 2.40. The molecule has 3 rings (SSSR count). The average molecular weight is 324 g/mol. The van der Waals surface area contributed by atoms with E-state index in [0.29, 0.717) is 12.2 Å². The van der Waals surface area contributed by atoms with Crippen LogP contribution in [0.5, 0.6) is 0 Å². The molecule has 0 atom stereocenters. The van der Waals surface area contributed by atoms with E-state index in [1.807, 2.05) is 55.2 Å². The highest BCUT2D eigenvalue weighted by molar-refractivity contribution is 5.97. The van der Waals surface area contributed by atoms with Gasteiger partial charge < -0.3 is 4.90 Å². The molecule has 0 aliphatic carbocycles. The number of hydrogen-bond donors (Lipinski definition) is 0. The van der Waals surface area contributed by atoms with Gasteiger partial charge in [-0.05, 0) is 31.1 Å². The van der Waals surface area contributed by atoms with Crippen LogP contribution in [-0.4, -0.2) is 16.4 Å². The number of likely N-dealkylation sites (N-methyl/N-ethyl adjacent to an activating group) is 1. The Morgan fingerprint density at radius 1 is 1.08 bits per heavy atom. The van der Waals surface area contributed by atoms with Crippen LogP contribution in [0, 0.1) is 11.6 Å². The van der Waals surface area contributed by atoms with Crippen molar-refractivity contribution in [2.75, 3.05) is 6.54 Å². The minimum Gasteiger partial charge on any atom is -0.341 e. The van der Waals surface area contributed by atoms with E-state index in [-0.39, 0.29) is 5.56 Å². The summed E-state index contributed by atoms with van der Waals surface area (Å²) in [5.74, 6) is -1.37. The Morgan fingerprint density at radius 2 is 1.71 bits per heavy atom. The first-order valence-corrected chi connectivity index (χ1v) is 7.78. The molecule has 0 amide bonds. The number of halogens is 2. The van der Waals surface area contributed by atoms with Crippen LogP contribution in [0.15, 0.2) is 66.7 Å². The van der Waals surface area contributed by atoms with Crippen molar-refractivity contribution in [1.82, 2.24) is 9.88 Å². The third-order valence-electron chi connectivity index (χ3n) is 4.16. The quantitative estimate of drug-likeness (QED) is 0.788. The van der Waals surface area contributed by atoms with Crippen LogP contribution in [-0.2, 0) is 0 Å². The molecule has 1 aromatic heterocycles. The van der Waals surface area contributed by atoms with E-state index in [0.717, 1.165) is 34.8 Å². The zero-order chi connectivity index (χ0) is 17.3. The number of aromatic nitrogens is 1. The molecule has 1 aliphatic heterocycles. The molecule has 0 fully saturated rings. The van der Waals surface area contributed by atoms with Gasteiger partial charge in [-0.3, -0.25) is 4.98 Å². The fraction of sp³-hybridized carbons (Fsp3) is 0.150. The highest BCUT2D eigenvalue weighted by atomic mass is 19.1. The van der Waals surface area contributed by atoms with E-state index in [1.165, 1.54) is 0 Å². The van der Waals surface area contributed by atoms with E-state index < -0.39 is 11.6 Å². The Hall–Kier alpha value is -2.75. The lowest BCUT2D eigenvalue weighted by Crippen LogP contribution is -2.26. The molecular formula is C20H18F2N2. The molecule has 1 aromatic carbocycles. The van der Waals surface area contributed by atoms with Crippen LogP contribution >= 0.6 is 0 Å². The average Bonchev–Trinajstić information content (AvgIpc) is 2.58. The Balaban J connectivity index is 2.37. The second-order valence-electron chi connectivity index (χ2n) is 5.62. The van der Waals surface area contributed by atoms with Gasteiger partial charge in [-0.15, -0.1) is 0 Å².